The molecule has 1 aliphatic rings. The molecule has 0 spiro atoms. The van der Waals surface area contributed by atoms with Gasteiger partial charge in [0.05, 0.1) is 24.3 Å². The standard InChI is InChI=1S/C17H24NO5PS/c1-3-22-24(21,23-4-2)25-13-9-5-8-12-18-16(19)14-10-6-7-11-15(14)17(18)20/h6-7,10-11H,3-5,8-9,12-13H2,1-2H3. The van der Waals surface area contributed by atoms with Crippen LogP contribution in [-0.2, 0) is 13.6 Å². The number of unbranched alkanes of at least 4 members (excludes halogenated alkanes) is 2. The molecule has 0 aromatic heterocycles. The fourth-order valence-electron chi connectivity index (χ4n) is 2.60. The molecular formula is C17H24NO5PS. The highest BCUT2D eigenvalue weighted by Gasteiger charge is 2.34. The number of imide groups is 1. The molecule has 1 aromatic rings. The summed E-state index contributed by atoms with van der Waals surface area (Å²) in [6.07, 6.45) is 2.37. The highest BCUT2D eigenvalue weighted by Crippen LogP contribution is 2.60. The lowest BCUT2D eigenvalue weighted by Gasteiger charge is -2.16. The van der Waals surface area contributed by atoms with Gasteiger partial charge in [0.15, 0.2) is 0 Å². The molecule has 1 aromatic carbocycles. The fourth-order valence-corrected chi connectivity index (χ4v) is 6.15. The summed E-state index contributed by atoms with van der Waals surface area (Å²) in [6.45, 7) is 1.63. The van der Waals surface area contributed by atoms with Gasteiger partial charge in [-0.2, -0.15) is 0 Å². The molecule has 0 saturated carbocycles. The van der Waals surface area contributed by atoms with Crippen LogP contribution >= 0.6 is 18.2 Å². The Balaban J connectivity index is 1.71. The van der Waals surface area contributed by atoms with Gasteiger partial charge in [-0.25, -0.2) is 4.57 Å². The monoisotopic (exact) mass is 385 g/mol. The van der Waals surface area contributed by atoms with E-state index >= 15 is 0 Å². The van der Waals surface area contributed by atoms with Crippen molar-refractivity contribution in [2.24, 2.45) is 0 Å². The van der Waals surface area contributed by atoms with Crippen molar-refractivity contribution < 1.29 is 23.2 Å². The van der Waals surface area contributed by atoms with Crippen molar-refractivity contribution >= 4 is 30.0 Å². The number of benzene rings is 1. The quantitative estimate of drug-likeness (QED) is 0.320. The molecule has 0 saturated heterocycles. The molecule has 0 bridgehead atoms. The third kappa shape index (κ3) is 5.17. The molecular weight excluding hydrogens is 361 g/mol. The molecule has 25 heavy (non-hydrogen) atoms. The largest absolute Gasteiger partial charge is 0.389 e. The molecule has 1 heterocycles. The van der Waals surface area contributed by atoms with Crippen molar-refractivity contribution in [1.29, 1.82) is 0 Å². The van der Waals surface area contributed by atoms with Crippen molar-refractivity contribution in [3.63, 3.8) is 0 Å². The smallest absolute Gasteiger partial charge is 0.301 e. The number of hydrogen-bond donors (Lipinski definition) is 0. The van der Waals surface area contributed by atoms with Gasteiger partial charge in [0.2, 0.25) is 0 Å². The molecule has 6 nitrogen and oxygen atoms in total. The number of amides is 2. The van der Waals surface area contributed by atoms with E-state index < -0.39 is 6.80 Å². The van der Waals surface area contributed by atoms with E-state index in [0.717, 1.165) is 19.3 Å². The Morgan fingerprint density at radius 1 is 0.960 bits per heavy atom. The first kappa shape index (κ1) is 20.2. The summed E-state index contributed by atoms with van der Waals surface area (Å²) >= 11 is 1.21. The number of carbonyl (C=O) groups excluding carboxylic acids is 2. The van der Waals surface area contributed by atoms with E-state index in [-0.39, 0.29) is 11.8 Å². The minimum absolute atomic E-state index is 0.216. The van der Waals surface area contributed by atoms with Crippen LogP contribution in [0.15, 0.2) is 24.3 Å². The molecule has 0 fully saturated rings. The number of carbonyl (C=O) groups is 2. The Hall–Kier alpha value is -1.14. The van der Waals surface area contributed by atoms with Gasteiger partial charge in [-0.3, -0.25) is 14.5 Å². The third-order valence-corrected chi connectivity index (χ3v) is 7.79. The van der Waals surface area contributed by atoms with E-state index in [0.29, 0.717) is 36.6 Å². The summed E-state index contributed by atoms with van der Waals surface area (Å²) in [7, 11) is 0. The van der Waals surface area contributed by atoms with Crippen molar-refractivity contribution in [3.05, 3.63) is 35.4 Å². The zero-order valence-electron chi connectivity index (χ0n) is 14.6. The Bertz CT molecular complexity index is 621. The van der Waals surface area contributed by atoms with Crippen LogP contribution in [0.2, 0.25) is 0 Å². The van der Waals surface area contributed by atoms with Gasteiger partial charge < -0.3 is 9.05 Å². The Morgan fingerprint density at radius 2 is 1.52 bits per heavy atom. The number of rotatable bonds is 11. The lowest BCUT2D eigenvalue weighted by Crippen LogP contribution is -2.30. The summed E-state index contributed by atoms with van der Waals surface area (Å²) in [5.74, 6) is 0.221. The summed E-state index contributed by atoms with van der Waals surface area (Å²) < 4.78 is 22.7. The molecule has 8 heteroatoms. The Labute approximate surface area is 152 Å². The second kappa shape index (κ2) is 9.53. The van der Waals surface area contributed by atoms with E-state index in [1.165, 1.54) is 16.3 Å². The normalized spacial score (nSPS) is 14.2. The Kier molecular flexibility index (Phi) is 7.69. The van der Waals surface area contributed by atoms with Gasteiger partial charge in [0, 0.05) is 12.3 Å². The zero-order chi connectivity index (χ0) is 18.3. The van der Waals surface area contributed by atoms with E-state index in [4.69, 9.17) is 9.05 Å². The van der Waals surface area contributed by atoms with Gasteiger partial charge in [-0.15, -0.1) is 0 Å². The Morgan fingerprint density at radius 3 is 2.04 bits per heavy atom. The third-order valence-electron chi connectivity index (χ3n) is 3.73. The summed E-state index contributed by atoms with van der Waals surface area (Å²) in [4.78, 5) is 25.8. The van der Waals surface area contributed by atoms with Crippen LogP contribution in [0.3, 0.4) is 0 Å². The molecule has 0 atom stereocenters. The van der Waals surface area contributed by atoms with Crippen LogP contribution < -0.4 is 0 Å². The first-order valence-corrected chi connectivity index (χ1v) is 11.6. The zero-order valence-corrected chi connectivity index (χ0v) is 16.3. The molecule has 0 N–H and O–H groups in total. The van der Waals surface area contributed by atoms with Crippen LogP contribution in [0.1, 0.15) is 53.8 Å². The summed E-state index contributed by atoms with van der Waals surface area (Å²) in [5.41, 5.74) is 0.967. The topological polar surface area (TPSA) is 72.9 Å². The van der Waals surface area contributed by atoms with Crippen molar-refractivity contribution in [2.45, 2.75) is 33.1 Å². The van der Waals surface area contributed by atoms with E-state index in [9.17, 15) is 14.2 Å². The number of fused-ring (bicyclic) bond motifs is 1. The second-order valence-electron chi connectivity index (χ2n) is 5.48. The van der Waals surface area contributed by atoms with Crippen LogP contribution in [0, 0.1) is 0 Å². The molecule has 0 aliphatic carbocycles. The van der Waals surface area contributed by atoms with Crippen molar-refractivity contribution in [3.8, 4) is 0 Å². The number of nitrogens with zero attached hydrogens (tertiary/aromatic N) is 1. The lowest BCUT2D eigenvalue weighted by atomic mass is 10.1. The predicted octanol–water partition coefficient (Wildman–Crippen LogP) is 4.37. The van der Waals surface area contributed by atoms with E-state index in [1.807, 2.05) is 0 Å². The average Bonchev–Trinajstić information content (AvgIpc) is 2.83. The molecule has 138 valence electrons. The van der Waals surface area contributed by atoms with Gasteiger partial charge in [-0.05, 0) is 50.2 Å². The minimum atomic E-state index is -3.05. The van der Waals surface area contributed by atoms with E-state index in [1.54, 1.807) is 38.1 Å². The van der Waals surface area contributed by atoms with Gasteiger partial charge >= 0.3 is 6.80 Å². The van der Waals surface area contributed by atoms with Gasteiger partial charge in [-0.1, -0.05) is 18.6 Å². The van der Waals surface area contributed by atoms with Crippen LogP contribution in [0.4, 0.5) is 0 Å². The second-order valence-corrected chi connectivity index (χ2v) is 9.68. The average molecular weight is 385 g/mol. The SMILES string of the molecule is CCOP(=O)(OCC)SCCCCCN1C(=O)c2ccccc2C1=O. The molecule has 2 rings (SSSR count). The van der Waals surface area contributed by atoms with Crippen LogP contribution in [0.5, 0.6) is 0 Å². The predicted molar refractivity (Wildman–Crippen MR) is 99.0 cm³/mol. The first-order valence-electron chi connectivity index (χ1n) is 8.51. The molecule has 0 unspecified atom stereocenters. The summed E-state index contributed by atoms with van der Waals surface area (Å²) in [5, 5.41) is 0. The minimum Gasteiger partial charge on any atom is -0.301 e. The molecule has 0 radical (unpaired) electrons. The maximum atomic E-state index is 12.3. The summed E-state index contributed by atoms with van der Waals surface area (Å²) in [6, 6.07) is 6.90. The van der Waals surface area contributed by atoms with Gasteiger partial charge in [0.1, 0.15) is 0 Å². The van der Waals surface area contributed by atoms with Crippen LogP contribution in [-0.4, -0.2) is 42.2 Å². The highest BCUT2D eigenvalue weighted by atomic mass is 32.7. The first-order chi connectivity index (χ1) is 12.0. The van der Waals surface area contributed by atoms with Crippen molar-refractivity contribution in [2.75, 3.05) is 25.5 Å². The maximum absolute atomic E-state index is 12.3. The fraction of sp³-hybridized carbons (Fsp3) is 0.529. The molecule has 1 aliphatic heterocycles. The van der Waals surface area contributed by atoms with Gasteiger partial charge in [0.25, 0.3) is 11.8 Å². The lowest BCUT2D eigenvalue weighted by molar-refractivity contribution is 0.0651. The highest BCUT2D eigenvalue weighted by molar-refractivity contribution is 8.55. The van der Waals surface area contributed by atoms with Crippen molar-refractivity contribution in [1.82, 2.24) is 4.90 Å². The maximum Gasteiger partial charge on any atom is 0.389 e. The number of hydrogen-bond acceptors (Lipinski definition) is 6. The molecule has 2 amide bonds. The van der Waals surface area contributed by atoms with E-state index in [2.05, 4.69) is 0 Å². The van der Waals surface area contributed by atoms with Crippen LogP contribution in [0.25, 0.3) is 0 Å².